The molecule has 0 bridgehead atoms. The summed E-state index contributed by atoms with van der Waals surface area (Å²) in [6.45, 7) is 4.17. The molecule has 0 spiro atoms. The zero-order valence-corrected chi connectivity index (χ0v) is 16.6. The molecule has 2 aromatic carbocycles. The number of benzene rings is 2. The molecule has 0 fully saturated rings. The summed E-state index contributed by atoms with van der Waals surface area (Å²) in [6, 6.07) is 10.6. The monoisotopic (exact) mass is 421 g/mol. The van der Waals surface area contributed by atoms with Crippen LogP contribution < -0.4 is 14.2 Å². The highest BCUT2D eigenvalue weighted by atomic mass is 19.4. The number of halogens is 3. The van der Waals surface area contributed by atoms with E-state index in [2.05, 4.69) is 11.3 Å². The van der Waals surface area contributed by atoms with E-state index in [1.165, 1.54) is 42.4 Å². The minimum atomic E-state index is -4.74. The summed E-state index contributed by atoms with van der Waals surface area (Å²) in [5, 5.41) is 0. The third kappa shape index (κ3) is 7.20. The smallest absolute Gasteiger partial charge is 0.493 e. The molecular formula is C22H22F3NO4. The first-order chi connectivity index (χ1) is 14.2. The van der Waals surface area contributed by atoms with Crippen LogP contribution in [-0.2, 0) is 11.3 Å². The Bertz CT molecular complexity index is 892. The van der Waals surface area contributed by atoms with Crippen molar-refractivity contribution in [2.75, 3.05) is 20.8 Å². The van der Waals surface area contributed by atoms with Gasteiger partial charge in [-0.1, -0.05) is 30.9 Å². The predicted octanol–water partition coefficient (Wildman–Crippen LogP) is 4.83. The van der Waals surface area contributed by atoms with E-state index in [4.69, 9.17) is 9.47 Å². The standard InChI is InChI=1S/C22H22F3NO4/c1-4-13-29-19-11-7-16(14-20(19)28-3)8-12-21(27)26(2)15-17-5-9-18(10-6-17)30-22(23,24)25/h4-12,14H,1,13,15H2,2-3H3/b12-8+. The van der Waals surface area contributed by atoms with E-state index < -0.39 is 6.36 Å². The Labute approximate surface area is 173 Å². The second-order valence-corrected chi connectivity index (χ2v) is 6.23. The van der Waals surface area contributed by atoms with Crippen molar-refractivity contribution >= 4 is 12.0 Å². The zero-order valence-electron chi connectivity index (χ0n) is 16.6. The van der Waals surface area contributed by atoms with Crippen LogP contribution in [0.5, 0.6) is 17.2 Å². The van der Waals surface area contributed by atoms with E-state index in [-0.39, 0.29) is 18.2 Å². The number of carbonyl (C=O) groups excluding carboxylic acids is 1. The van der Waals surface area contributed by atoms with Gasteiger partial charge < -0.3 is 19.1 Å². The molecule has 0 aliphatic heterocycles. The highest BCUT2D eigenvalue weighted by molar-refractivity contribution is 5.91. The SMILES string of the molecule is C=CCOc1ccc(/C=C/C(=O)N(C)Cc2ccc(OC(F)(F)F)cc2)cc1OC. The van der Waals surface area contributed by atoms with Crippen molar-refractivity contribution in [2.45, 2.75) is 12.9 Å². The number of carbonyl (C=O) groups is 1. The lowest BCUT2D eigenvalue weighted by Crippen LogP contribution is -2.24. The first-order valence-electron chi connectivity index (χ1n) is 8.91. The molecule has 0 saturated carbocycles. The van der Waals surface area contributed by atoms with Crippen molar-refractivity contribution in [3.63, 3.8) is 0 Å². The lowest BCUT2D eigenvalue weighted by atomic mass is 10.1. The first kappa shape index (κ1) is 22.9. The molecule has 160 valence electrons. The molecule has 0 aliphatic rings. The Morgan fingerprint density at radius 3 is 2.43 bits per heavy atom. The van der Waals surface area contributed by atoms with E-state index in [0.29, 0.717) is 23.7 Å². The van der Waals surface area contributed by atoms with Crippen molar-refractivity contribution in [1.29, 1.82) is 0 Å². The summed E-state index contributed by atoms with van der Waals surface area (Å²) in [5.41, 5.74) is 1.41. The molecule has 0 atom stereocenters. The second-order valence-electron chi connectivity index (χ2n) is 6.23. The van der Waals surface area contributed by atoms with Crippen molar-refractivity contribution in [2.24, 2.45) is 0 Å². The number of rotatable bonds is 9. The molecule has 0 saturated heterocycles. The van der Waals surface area contributed by atoms with Crippen molar-refractivity contribution in [3.05, 3.63) is 72.3 Å². The fourth-order valence-corrected chi connectivity index (χ4v) is 2.50. The van der Waals surface area contributed by atoms with Crippen LogP contribution in [-0.4, -0.2) is 37.9 Å². The highest BCUT2D eigenvalue weighted by Gasteiger charge is 2.30. The van der Waals surface area contributed by atoms with Gasteiger partial charge in [-0.3, -0.25) is 4.79 Å². The number of alkyl halides is 3. The van der Waals surface area contributed by atoms with Crippen LogP contribution in [0.15, 0.2) is 61.2 Å². The number of nitrogens with zero attached hydrogens (tertiary/aromatic N) is 1. The van der Waals surface area contributed by atoms with Gasteiger partial charge in [0.2, 0.25) is 5.91 Å². The second kappa shape index (κ2) is 10.4. The van der Waals surface area contributed by atoms with E-state index in [0.717, 1.165) is 5.56 Å². The molecule has 0 aliphatic carbocycles. The van der Waals surface area contributed by atoms with Gasteiger partial charge >= 0.3 is 6.36 Å². The largest absolute Gasteiger partial charge is 0.573 e. The van der Waals surface area contributed by atoms with Crippen LogP contribution in [0.3, 0.4) is 0 Å². The Hall–Kier alpha value is -3.42. The molecule has 30 heavy (non-hydrogen) atoms. The van der Waals surface area contributed by atoms with Gasteiger partial charge in [0.1, 0.15) is 12.4 Å². The van der Waals surface area contributed by atoms with Crippen LogP contribution in [0.2, 0.25) is 0 Å². The van der Waals surface area contributed by atoms with Crippen LogP contribution in [0.1, 0.15) is 11.1 Å². The summed E-state index contributed by atoms with van der Waals surface area (Å²) in [4.78, 5) is 13.8. The third-order valence-electron chi connectivity index (χ3n) is 3.92. The van der Waals surface area contributed by atoms with E-state index in [1.807, 2.05) is 0 Å². The van der Waals surface area contributed by atoms with Gasteiger partial charge in [0.15, 0.2) is 11.5 Å². The average Bonchev–Trinajstić information content (AvgIpc) is 2.71. The molecule has 8 heteroatoms. The third-order valence-corrected chi connectivity index (χ3v) is 3.92. The van der Waals surface area contributed by atoms with Gasteiger partial charge in [0.05, 0.1) is 7.11 Å². The minimum absolute atomic E-state index is 0.229. The fourth-order valence-electron chi connectivity index (χ4n) is 2.50. The maximum atomic E-state index is 12.3. The maximum absolute atomic E-state index is 12.3. The number of amides is 1. The number of hydrogen-bond donors (Lipinski definition) is 0. The molecule has 1 amide bonds. The van der Waals surface area contributed by atoms with Gasteiger partial charge in [-0.25, -0.2) is 0 Å². The topological polar surface area (TPSA) is 48.0 Å². The fraction of sp³-hybridized carbons (Fsp3) is 0.227. The Kier molecular flexibility index (Phi) is 7.91. The van der Waals surface area contributed by atoms with Gasteiger partial charge in [-0.05, 0) is 41.5 Å². The molecule has 0 aromatic heterocycles. The Morgan fingerprint density at radius 2 is 1.83 bits per heavy atom. The average molecular weight is 421 g/mol. The van der Waals surface area contributed by atoms with Gasteiger partial charge in [0.25, 0.3) is 0 Å². The molecule has 0 unspecified atom stereocenters. The predicted molar refractivity (Wildman–Crippen MR) is 107 cm³/mol. The molecule has 2 aromatic rings. The first-order valence-corrected chi connectivity index (χ1v) is 8.91. The van der Waals surface area contributed by atoms with Gasteiger partial charge in [-0.15, -0.1) is 13.2 Å². The normalized spacial score (nSPS) is 11.2. The van der Waals surface area contributed by atoms with Crippen LogP contribution >= 0.6 is 0 Å². The lowest BCUT2D eigenvalue weighted by Gasteiger charge is -2.16. The van der Waals surface area contributed by atoms with Crippen molar-refractivity contribution in [3.8, 4) is 17.2 Å². The van der Waals surface area contributed by atoms with E-state index >= 15 is 0 Å². The summed E-state index contributed by atoms with van der Waals surface area (Å²) in [5.74, 6) is 0.517. The minimum Gasteiger partial charge on any atom is -0.493 e. The Morgan fingerprint density at radius 1 is 1.13 bits per heavy atom. The summed E-state index contributed by atoms with van der Waals surface area (Å²) in [7, 11) is 3.12. The molecule has 2 rings (SSSR count). The van der Waals surface area contributed by atoms with Crippen LogP contribution in [0.25, 0.3) is 6.08 Å². The quantitative estimate of drug-likeness (QED) is 0.430. The van der Waals surface area contributed by atoms with Crippen molar-refractivity contribution < 1.29 is 32.2 Å². The lowest BCUT2D eigenvalue weighted by molar-refractivity contribution is -0.274. The Balaban J connectivity index is 1.98. The number of ether oxygens (including phenoxy) is 3. The summed E-state index contributed by atoms with van der Waals surface area (Å²) < 4.78 is 51.2. The molecule has 0 radical (unpaired) electrons. The molecule has 0 heterocycles. The van der Waals surface area contributed by atoms with Crippen molar-refractivity contribution in [1.82, 2.24) is 4.90 Å². The molecular weight excluding hydrogens is 399 g/mol. The van der Waals surface area contributed by atoms with Gasteiger partial charge in [0, 0.05) is 19.7 Å². The molecule has 0 N–H and O–H groups in total. The van der Waals surface area contributed by atoms with E-state index in [9.17, 15) is 18.0 Å². The van der Waals surface area contributed by atoms with Gasteiger partial charge in [-0.2, -0.15) is 0 Å². The van der Waals surface area contributed by atoms with E-state index in [1.54, 1.807) is 37.4 Å². The maximum Gasteiger partial charge on any atom is 0.573 e. The number of hydrogen-bond acceptors (Lipinski definition) is 4. The summed E-state index contributed by atoms with van der Waals surface area (Å²) in [6.07, 6.45) is -0.0740. The number of methoxy groups -OCH3 is 1. The highest BCUT2D eigenvalue weighted by Crippen LogP contribution is 2.28. The van der Waals surface area contributed by atoms with Crippen LogP contribution in [0, 0.1) is 0 Å². The van der Waals surface area contributed by atoms with Crippen LogP contribution in [0.4, 0.5) is 13.2 Å². The zero-order chi connectivity index (χ0) is 22.1. The summed E-state index contributed by atoms with van der Waals surface area (Å²) >= 11 is 0. The molecule has 5 nitrogen and oxygen atoms in total. The number of likely N-dealkylation sites (N-methyl/N-ethyl adjacent to an activating group) is 1.